The summed E-state index contributed by atoms with van der Waals surface area (Å²) in [5.74, 6) is -0.401. The van der Waals surface area contributed by atoms with Crippen LogP contribution in [0.3, 0.4) is 0 Å². The highest BCUT2D eigenvalue weighted by Crippen LogP contribution is 2.16. The number of furan rings is 1. The Hall–Kier alpha value is -2.08. The summed E-state index contributed by atoms with van der Waals surface area (Å²) in [7, 11) is 1.51. The lowest BCUT2D eigenvalue weighted by Crippen LogP contribution is -2.13. The SMILES string of the molecule is COc1cccc(C(=O)COC(=O)c2ccc(Br)o2)c1. The van der Waals surface area contributed by atoms with Crippen LogP contribution >= 0.6 is 15.9 Å². The van der Waals surface area contributed by atoms with Crippen molar-refractivity contribution in [2.75, 3.05) is 13.7 Å². The molecule has 5 nitrogen and oxygen atoms in total. The number of ketones is 1. The normalized spacial score (nSPS) is 10.1. The zero-order valence-electron chi connectivity index (χ0n) is 10.6. The summed E-state index contributed by atoms with van der Waals surface area (Å²) in [6, 6.07) is 9.66. The molecule has 0 saturated heterocycles. The summed E-state index contributed by atoms with van der Waals surface area (Å²) in [5, 5.41) is 0. The van der Waals surface area contributed by atoms with Crippen molar-refractivity contribution in [2.45, 2.75) is 0 Å². The first kappa shape index (κ1) is 14.3. The van der Waals surface area contributed by atoms with E-state index in [4.69, 9.17) is 13.9 Å². The van der Waals surface area contributed by atoms with Crippen LogP contribution in [0.2, 0.25) is 0 Å². The quantitative estimate of drug-likeness (QED) is 0.619. The van der Waals surface area contributed by atoms with E-state index in [-0.39, 0.29) is 18.2 Å². The van der Waals surface area contributed by atoms with Crippen molar-refractivity contribution in [1.82, 2.24) is 0 Å². The number of hydrogen-bond donors (Lipinski definition) is 0. The van der Waals surface area contributed by atoms with Crippen LogP contribution in [0.25, 0.3) is 0 Å². The summed E-state index contributed by atoms with van der Waals surface area (Å²) < 4.78 is 15.4. The monoisotopic (exact) mass is 338 g/mol. The summed E-state index contributed by atoms with van der Waals surface area (Å²) in [5.41, 5.74) is 0.415. The molecule has 2 aromatic rings. The third-order valence-corrected chi connectivity index (χ3v) is 2.93. The lowest BCUT2D eigenvalue weighted by atomic mass is 10.1. The maximum atomic E-state index is 11.9. The zero-order valence-corrected chi connectivity index (χ0v) is 12.2. The van der Waals surface area contributed by atoms with Crippen LogP contribution in [0, 0.1) is 0 Å². The van der Waals surface area contributed by atoms with Gasteiger partial charge in [-0.25, -0.2) is 4.79 Å². The third-order valence-electron chi connectivity index (χ3n) is 2.50. The number of rotatable bonds is 5. The van der Waals surface area contributed by atoms with Gasteiger partial charge in [0.05, 0.1) is 7.11 Å². The molecular formula is C14H11BrO5. The molecule has 0 N–H and O–H groups in total. The molecule has 0 saturated carbocycles. The topological polar surface area (TPSA) is 65.7 Å². The zero-order chi connectivity index (χ0) is 14.5. The Balaban J connectivity index is 1.96. The Labute approximate surface area is 123 Å². The largest absolute Gasteiger partial charge is 0.497 e. The van der Waals surface area contributed by atoms with Crippen LogP contribution in [0.15, 0.2) is 45.5 Å². The molecule has 0 spiro atoms. The summed E-state index contributed by atoms with van der Waals surface area (Å²) in [6.45, 7) is -0.357. The van der Waals surface area contributed by atoms with Gasteiger partial charge in [0.2, 0.25) is 5.76 Å². The van der Waals surface area contributed by atoms with Crippen LogP contribution < -0.4 is 4.74 Å². The molecule has 0 amide bonds. The van der Waals surface area contributed by atoms with Crippen LogP contribution in [-0.2, 0) is 4.74 Å². The van der Waals surface area contributed by atoms with Crippen molar-refractivity contribution in [1.29, 1.82) is 0 Å². The Bertz CT molecular complexity index is 632. The molecule has 0 aliphatic carbocycles. The molecule has 2 rings (SSSR count). The fourth-order valence-corrected chi connectivity index (χ4v) is 1.81. The van der Waals surface area contributed by atoms with E-state index in [0.29, 0.717) is 16.0 Å². The number of esters is 1. The predicted octanol–water partition coefficient (Wildman–Crippen LogP) is 3.09. The molecule has 0 atom stereocenters. The lowest BCUT2D eigenvalue weighted by Gasteiger charge is -2.04. The van der Waals surface area contributed by atoms with Gasteiger partial charge in [0.1, 0.15) is 5.75 Å². The number of ether oxygens (including phenoxy) is 2. The van der Waals surface area contributed by atoms with E-state index in [1.165, 1.54) is 13.2 Å². The van der Waals surface area contributed by atoms with Crippen LogP contribution in [0.1, 0.15) is 20.9 Å². The van der Waals surface area contributed by atoms with Gasteiger partial charge in [-0.2, -0.15) is 0 Å². The number of Topliss-reactive ketones (excluding diaryl/α,β-unsaturated/α-hetero) is 1. The van der Waals surface area contributed by atoms with Gasteiger partial charge < -0.3 is 13.9 Å². The van der Waals surface area contributed by atoms with E-state index in [0.717, 1.165) is 0 Å². The average Bonchev–Trinajstić information content (AvgIpc) is 2.91. The molecule has 20 heavy (non-hydrogen) atoms. The second-order valence-corrected chi connectivity index (χ2v) is 4.62. The second-order valence-electron chi connectivity index (χ2n) is 3.84. The summed E-state index contributed by atoms with van der Waals surface area (Å²) >= 11 is 3.08. The Morgan fingerprint density at radius 3 is 2.70 bits per heavy atom. The van der Waals surface area contributed by atoms with Crippen molar-refractivity contribution in [3.63, 3.8) is 0 Å². The fraction of sp³-hybridized carbons (Fsp3) is 0.143. The first-order valence-corrected chi connectivity index (χ1v) is 6.49. The first-order valence-electron chi connectivity index (χ1n) is 5.70. The number of benzene rings is 1. The molecular weight excluding hydrogens is 328 g/mol. The molecule has 1 aromatic heterocycles. The minimum atomic E-state index is -0.688. The number of carbonyl (C=O) groups is 2. The maximum absolute atomic E-state index is 11.9. The molecule has 0 fully saturated rings. The van der Waals surface area contributed by atoms with Crippen molar-refractivity contribution in [3.8, 4) is 5.75 Å². The maximum Gasteiger partial charge on any atom is 0.374 e. The van der Waals surface area contributed by atoms with Gasteiger partial charge in [-0.3, -0.25) is 4.79 Å². The van der Waals surface area contributed by atoms with Gasteiger partial charge in [-0.05, 0) is 40.2 Å². The van der Waals surface area contributed by atoms with Gasteiger partial charge in [0.25, 0.3) is 0 Å². The predicted molar refractivity (Wildman–Crippen MR) is 74.0 cm³/mol. The third kappa shape index (κ3) is 3.48. The van der Waals surface area contributed by atoms with Crippen molar-refractivity contribution >= 4 is 27.7 Å². The van der Waals surface area contributed by atoms with Gasteiger partial charge in [0.15, 0.2) is 17.1 Å². The standard InChI is InChI=1S/C14H11BrO5/c1-18-10-4-2-3-9(7-10)11(16)8-19-14(17)12-5-6-13(15)20-12/h2-7H,8H2,1H3. The lowest BCUT2D eigenvalue weighted by molar-refractivity contribution is 0.0442. The minimum absolute atomic E-state index is 0.0373. The highest BCUT2D eigenvalue weighted by atomic mass is 79.9. The highest BCUT2D eigenvalue weighted by molar-refractivity contribution is 9.10. The Morgan fingerprint density at radius 1 is 1.25 bits per heavy atom. The molecule has 1 aromatic carbocycles. The molecule has 0 aliphatic rings. The Kier molecular flexibility index (Phi) is 4.57. The van der Waals surface area contributed by atoms with Gasteiger partial charge in [-0.15, -0.1) is 0 Å². The van der Waals surface area contributed by atoms with E-state index < -0.39 is 5.97 Å². The van der Waals surface area contributed by atoms with E-state index in [1.807, 2.05) is 0 Å². The van der Waals surface area contributed by atoms with Crippen molar-refractivity contribution in [2.24, 2.45) is 0 Å². The molecule has 0 aliphatic heterocycles. The molecule has 1 heterocycles. The average molecular weight is 339 g/mol. The van der Waals surface area contributed by atoms with Gasteiger partial charge >= 0.3 is 5.97 Å². The van der Waals surface area contributed by atoms with E-state index in [1.54, 1.807) is 30.3 Å². The van der Waals surface area contributed by atoms with Crippen LogP contribution in [0.5, 0.6) is 5.75 Å². The van der Waals surface area contributed by atoms with Gasteiger partial charge in [-0.1, -0.05) is 12.1 Å². The van der Waals surface area contributed by atoms with Crippen molar-refractivity contribution < 1.29 is 23.5 Å². The smallest absolute Gasteiger partial charge is 0.374 e. The number of carbonyl (C=O) groups excluding carboxylic acids is 2. The molecule has 104 valence electrons. The molecule has 6 heteroatoms. The van der Waals surface area contributed by atoms with E-state index >= 15 is 0 Å². The minimum Gasteiger partial charge on any atom is -0.497 e. The molecule has 0 bridgehead atoms. The number of hydrogen-bond acceptors (Lipinski definition) is 5. The van der Waals surface area contributed by atoms with Gasteiger partial charge in [0, 0.05) is 5.56 Å². The first-order chi connectivity index (χ1) is 9.60. The summed E-state index contributed by atoms with van der Waals surface area (Å²) in [6.07, 6.45) is 0. The van der Waals surface area contributed by atoms with E-state index in [2.05, 4.69) is 15.9 Å². The van der Waals surface area contributed by atoms with Crippen LogP contribution in [-0.4, -0.2) is 25.5 Å². The fourth-order valence-electron chi connectivity index (χ4n) is 1.51. The number of halogens is 1. The van der Waals surface area contributed by atoms with Crippen LogP contribution in [0.4, 0.5) is 0 Å². The molecule has 0 unspecified atom stereocenters. The van der Waals surface area contributed by atoms with E-state index in [9.17, 15) is 9.59 Å². The second kappa shape index (κ2) is 6.38. The van der Waals surface area contributed by atoms with Crippen molar-refractivity contribution in [3.05, 3.63) is 52.4 Å². The number of methoxy groups -OCH3 is 1. The molecule has 0 radical (unpaired) electrons. The summed E-state index contributed by atoms with van der Waals surface area (Å²) in [4.78, 5) is 23.5. The Morgan fingerprint density at radius 2 is 2.05 bits per heavy atom. The highest BCUT2D eigenvalue weighted by Gasteiger charge is 2.15.